The summed E-state index contributed by atoms with van der Waals surface area (Å²) < 4.78 is 2.19. The molecule has 0 amide bonds. The van der Waals surface area contributed by atoms with Crippen molar-refractivity contribution >= 4 is 23.4 Å². The molecular formula is C15H16ClN3S. The first-order valence-corrected chi connectivity index (χ1v) is 8.05. The van der Waals surface area contributed by atoms with E-state index in [1.54, 1.807) is 11.8 Å². The Hall–Kier alpha value is -1.26. The minimum Gasteiger partial charge on any atom is -0.302 e. The lowest BCUT2D eigenvalue weighted by molar-refractivity contribution is 0.681. The van der Waals surface area contributed by atoms with Crippen molar-refractivity contribution in [3.8, 4) is 0 Å². The maximum atomic E-state index is 5.90. The summed E-state index contributed by atoms with van der Waals surface area (Å²) >= 11 is 7.61. The van der Waals surface area contributed by atoms with Gasteiger partial charge < -0.3 is 4.57 Å². The van der Waals surface area contributed by atoms with Gasteiger partial charge in [-0.25, -0.2) is 0 Å². The van der Waals surface area contributed by atoms with Crippen LogP contribution in [-0.4, -0.2) is 14.8 Å². The Kier molecular flexibility index (Phi) is 4.13. The topological polar surface area (TPSA) is 30.7 Å². The zero-order valence-corrected chi connectivity index (χ0v) is 12.7. The number of benzene rings is 1. The number of halogens is 1. The summed E-state index contributed by atoms with van der Waals surface area (Å²) in [6, 6.07) is 7.93. The van der Waals surface area contributed by atoms with Crippen LogP contribution in [-0.2, 0) is 12.3 Å². The first kappa shape index (κ1) is 13.7. The van der Waals surface area contributed by atoms with Crippen LogP contribution in [0.3, 0.4) is 0 Å². The number of rotatable bonds is 6. The fourth-order valence-corrected chi connectivity index (χ4v) is 3.12. The van der Waals surface area contributed by atoms with Gasteiger partial charge >= 0.3 is 0 Å². The molecule has 1 fully saturated rings. The van der Waals surface area contributed by atoms with Crippen LogP contribution in [0.5, 0.6) is 0 Å². The second-order valence-corrected chi connectivity index (χ2v) is 6.31. The Balaban J connectivity index is 1.73. The second kappa shape index (κ2) is 6.02. The fourth-order valence-electron chi connectivity index (χ4n) is 2.08. The van der Waals surface area contributed by atoms with Crippen LogP contribution in [0, 0.1) is 0 Å². The Morgan fingerprint density at radius 1 is 1.30 bits per heavy atom. The molecule has 2 aromatic rings. The monoisotopic (exact) mass is 305 g/mol. The van der Waals surface area contributed by atoms with E-state index in [1.807, 2.05) is 30.3 Å². The zero-order chi connectivity index (χ0) is 13.9. The van der Waals surface area contributed by atoms with Crippen molar-refractivity contribution in [2.24, 2.45) is 0 Å². The van der Waals surface area contributed by atoms with Gasteiger partial charge in [0.05, 0.1) is 0 Å². The Labute approximate surface area is 128 Å². The van der Waals surface area contributed by atoms with E-state index in [2.05, 4.69) is 21.3 Å². The molecule has 1 aromatic heterocycles. The lowest BCUT2D eigenvalue weighted by Crippen LogP contribution is -2.02. The Morgan fingerprint density at radius 3 is 2.70 bits per heavy atom. The highest BCUT2D eigenvalue weighted by Crippen LogP contribution is 2.40. The summed E-state index contributed by atoms with van der Waals surface area (Å²) in [6.45, 7) is 4.60. The van der Waals surface area contributed by atoms with Crippen molar-refractivity contribution in [2.45, 2.75) is 36.2 Å². The largest absolute Gasteiger partial charge is 0.302 e. The second-order valence-electron chi connectivity index (χ2n) is 4.93. The fraction of sp³-hybridized carbons (Fsp3) is 0.333. The zero-order valence-electron chi connectivity index (χ0n) is 11.1. The molecule has 1 aliphatic rings. The van der Waals surface area contributed by atoms with Crippen molar-refractivity contribution < 1.29 is 0 Å². The Morgan fingerprint density at radius 2 is 2.05 bits per heavy atom. The van der Waals surface area contributed by atoms with Gasteiger partial charge in [0.1, 0.15) is 5.82 Å². The van der Waals surface area contributed by atoms with Gasteiger partial charge in [0.25, 0.3) is 0 Å². The molecule has 1 aromatic carbocycles. The molecular weight excluding hydrogens is 290 g/mol. The summed E-state index contributed by atoms with van der Waals surface area (Å²) in [4.78, 5) is 0. The maximum Gasteiger partial charge on any atom is 0.191 e. The quantitative estimate of drug-likeness (QED) is 0.589. The van der Waals surface area contributed by atoms with Crippen LogP contribution in [0.1, 0.15) is 30.1 Å². The van der Waals surface area contributed by atoms with Crippen LogP contribution in [0.2, 0.25) is 5.02 Å². The van der Waals surface area contributed by atoms with E-state index in [-0.39, 0.29) is 0 Å². The first-order valence-electron chi connectivity index (χ1n) is 6.69. The molecule has 0 radical (unpaired) electrons. The van der Waals surface area contributed by atoms with Gasteiger partial charge in [-0.1, -0.05) is 41.6 Å². The molecule has 0 atom stereocenters. The average Bonchev–Trinajstić information content (AvgIpc) is 3.22. The normalized spacial score (nSPS) is 14.4. The number of hydrogen-bond acceptors (Lipinski definition) is 3. The van der Waals surface area contributed by atoms with Crippen LogP contribution in [0.25, 0.3) is 0 Å². The van der Waals surface area contributed by atoms with Gasteiger partial charge in [0.2, 0.25) is 0 Å². The third kappa shape index (κ3) is 3.07. The predicted octanol–water partition coefficient (Wildman–Crippen LogP) is 4.29. The maximum absolute atomic E-state index is 5.90. The van der Waals surface area contributed by atoms with E-state index < -0.39 is 0 Å². The van der Waals surface area contributed by atoms with Crippen molar-refractivity contribution in [1.82, 2.24) is 14.8 Å². The van der Waals surface area contributed by atoms with E-state index in [0.717, 1.165) is 28.3 Å². The summed E-state index contributed by atoms with van der Waals surface area (Å²) in [5.74, 6) is 2.59. The molecule has 1 aliphatic carbocycles. The smallest absolute Gasteiger partial charge is 0.191 e. The summed E-state index contributed by atoms with van der Waals surface area (Å²) in [5, 5.41) is 10.4. The lowest BCUT2D eigenvalue weighted by Gasteiger charge is -2.07. The van der Waals surface area contributed by atoms with Crippen molar-refractivity contribution in [1.29, 1.82) is 0 Å². The van der Waals surface area contributed by atoms with E-state index in [9.17, 15) is 0 Å². The third-order valence-electron chi connectivity index (χ3n) is 3.28. The van der Waals surface area contributed by atoms with Gasteiger partial charge in [-0.05, 0) is 30.5 Å². The first-order chi connectivity index (χ1) is 9.78. The van der Waals surface area contributed by atoms with Crippen LogP contribution in [0.4, 0.5) is 0 Å². The van der Waals surface area contributed by atoms with Crippen LogP contribution < -0.4 is 0 Å². The molecule has 5 heteroatoms. The highest BCUT2D eigenvalue weighted by atomic mass is 35.5. The van der Waals surface area contributed by atoms with Gasteiger partial charge in [0, 0.05) is 23.2 Å². The van der Waals surface area contributed by atoms with Crippen molar-refractivity contribution in [3.63, 3.8) is 0 Å². The van der Waals surface area contributed by atoms with E-state index >= 15 is 0 Å². The highest BCUT2D eigenvalue weighted by molar-refractivity contribution is 7.98. The van der Waals surface area contributed by atoms with E-state index in [0.29, 0.717) is 5.92 Å². The highest BCUT2D eigenvalue weighted by Gasteiger charge is 2.30. The van der Waals surface area contributed by atoms with Gasteiger partial charge in [-0.15, -0.1) is 16.8 Å². The van der Waals surface area contributed by atoms with Crippen LogP contribution in [0.15, 0.2) is 42.1 Å². The number of nitrogens with zero attached hydrogens (tertiary/aromatic N) is 3. The molecule has 3 rings (SSSR count). The molecule has 0 N–H and O–H groups in total. The standard InChI is InChI=1S/C15H16ClN3S/c1-2-9-19-14(12-5-6-12)17-18-15(19)20-10-11-3-7-13(16)8-4-11/h2-4,7-8,12H,1,5-6,9-10H2. The SMILES string of the molecule is C=CCn1c(SCc2ccc(Cl)cc2)nnc1C1CC1. The molecule has 3 nitrogen and oxygen atoms in total. The molecule has 20 heavy (non-hydrogen) atoms. The van der Waals surface area contributed by atoms with Gasteiger partial charge in [-0.2, -0.15) is 0 Å². The van der Waals surface area contributed by atoms with E-state index in [4.69, 9.17) is 11.6 Å². The number of aromatic nitrogens is 3. The van der Waals surface area contributed by atoms with Gasteiger partial charge in [-0.3, -0.25) is 0 Å². The average molecular weight is 306 g/mol. The van der Waals surface area contributed by atoms with Gasteiger partial charge in [0.15, 0.2) is 5.16 Å². The molecule has 1 heterocycles. The third-order valence-corrected chi connectivity index (χ3v) is 4.57. The number of hydrogen-bond donors (Lipinski definition) is 0. The van der Waals surface area contributed by atoms with Crippen LogP contribution >= 0.6 is 23.4 Å². The molecule has 0 aliphatic heterocycles. The van der Waals surface area contributed by atoms with E-state index in [1.165, 1.54) is 18.4 Å². The molecule has 0 unspecified atom stereocenters. The minimum atomic E-state index is 0.604. The molecule has 0 spiro atoms. The van der Waals surface area contributed by atoms with Crippen molar-refractivity contribution in [3.05, 3.63) is 53.3 Å². The minimum absolute atomic E-state index is 0.604. The molecule has 1 saturated carbocycles. The summed E-state index contributed by atoms with van der Waals surface area (Å²) in [5.41, 5.74) is 1.24. The lowest BCUT2D eigenvalue weighted by atomic mass is 10.2. The summed E-state index contributed by atoms with van der Waals surface area (Å²) in [6.07, 6.45) is 4.37. The molecule has 104 valence electrons. The number of thioether (sulfide) groups is 1. The van der Waals surface area contributed by atoms with Crippen molar-refractivity contribution in [2.75, 3.05) is 0 Å². The predicted molar refractivity (Wildman–Crippen MR) is 83.2 cm³/mol. The molecule has 0 saturated heterocycles. The molecule has 0 bridgehead atoms. The number of allylic oxidation sites excluding steroid dienone is 1. The summed E-state index contributed by atoms with van der Waals surface area (Å²) in [7, 11) is 0. The Bertz CT molecular complexity index is 602.